The number of halogens is 3. The van der Waals surface area contributed by atoms with Crippen LogP contribution in [0.5, 0.6) is 0 Å². The first-order valence-corrected chi connectivity index (χ1v) is 7.64. The minimum atomic E-state index is -1.59. The number of hydrogen-bond acceptors (Lipinski definition) is 1. The zero-order valence-electron chi connectivity index (χ0n) is 11.6. The van der Waals surface area contributed by atoms with Gasteiger partial charge in [0, 0.05) is 0 Å². The van der Waals surface area contributed by atoms with Crippen LogP contribution >= 0.6 is 15.9 Å². The first-order chi connectivity index (χ1) is 9.18. The van der Waals surface area contributed by atoms with Gasteiger partial charge in [-0.15, -0.1) is 5.92 Å². The third kappa shape index (κ3) is 3.97. The molecular weight excluding hydrogens is 348 g/mol. The topological polar surface area (TPSA) is 29.4 Å². The lowest BCUT2D eigenvalue weighted by Gasteiger charge is -2.13. The molecule has 1 rings (SSSR count). The minimum absolute atomic E-state index is 0.0590. The van der Waals surface area contributed by atoms with Crippen molar-refractivity contribution in [1.29, 1.82) is 0 Å². The summed E-state index contributed by atoms with van der Waals surface area (Å²) >= 11 is 3.00. The maximum Gasteiger partial charge on any atom is 0.150 e. The molecule has 0 radical (unpaired) electrons. The van der Waals surface area contributed by atoms with Gasteiger partial charge in [-0.05, 0) is 49.7 Å². The molecule has 0 aliphatic rings. The van der Waals surface area contributed by atoms with Crippen molar-refractivity contribution in [2.24, 2.45) is 4.40 Å². The molecule has 108 valence electrons. The van der Waals surface area contributed by atoms with Gasteiger partial charge in [0.2, 0.25) is 0 Å². The monoisotopic (exact) mass is 361 g/mol. The van der Waals surface area contributed by atoms with Gasteiger partial charge >= 0.3 is 0 Å². The van der Waals surface area contributed by atoms with E-state index < -0.39 is 27.4 Å². The molecule has 0 unspecified atom stereocenters. The fraction of sp³-hybridized carbons (Fsp3) is 0.357. The standard InChI is InChI=1S/C14H14BrF2NOS/c1-5-6-9-7-11(15)13(17)10(12(9)16)8-18-20(19)14(2,3)4/h7-8H,1-4H3/b18-8+/t20-/m1/s1. The molecule has 1 aromatic carbocycles. The Labute approximate surface area is 128 Å². The smallest absolute Gasteiger partial charge is 0.150 e. The largest absolute Gasteiger partial charge is 0.234 e. The van der Waals surface area contributed by atoms with E-state index in [2.05, 4.69) is 32.2 Å². The summed E-state index contributed by atoms with van der Waals surface area (Å²) in [5.41, 5.74) is -0.293. The fourth-order valence-electron chi connectivity index (χ4n) is 1.22. The second-order valence-corrected chi connectivity index (χ2v) is 7.71. The van der Waals surface area contributed by atoms with Gasteiger partial charge in [-0.3, -0.25) is 0 Å². The molecule has 0 N–H and O–H groups in total. The van der Waals surface area contributed by atoms with Gasteiger partial charge in [0.15, 0.2) is 5.82 Å². The van der Waals surface area contributed by atoms with Crippen LogP contribution in [0.15, 0.2) is 14.9 Å². The summed E-state index contributed by atoms with van der Waals surface area (Å²) in [5.74, 6) is 3.49. The molecule has 2 nitrogen and oxygen atoms in total. The van der Waals surface area contributed by atoms with Crippen molar-refractivity contribution >= 4 is 33.1 Å². The van der Waals surface area contributed by atoms with E-state index in [0.29, 0.717) is 0 Å². The molecule has 0 aromatic heterocycles. The lowest BCUT2D eigenvalue weighted by atomic mass is 10.1. The van der Waals surface area contributed by atoms with Crippen LogP contribution in [0, 0.1) is 23.5 Å². The Morgan fingerprint density at radius 1 is 1.35 bits per heavy atom. The Hall–Kier alpha value is -1.06. The highest BCUT2D eigenvalue weighted by Crippen LogP contribution is 2.24. The van der Waals surface area contributed by atoms with E-state index in [9.17, 15) is 13.0 Å². The van der Waals surface area contributed by atoms with Crippen LogP contribution < -0.4 is 0 Å². The summed E-state index contributed by atoms with van der Waals surface area (Å²) in [6.45, 7) is 6.73. The summed E-state index contributed by atoms with van der Waals surface area (Å²) < 4.78 is 43.0. The molecule has 1 aromatic rings. The number of rotatable bonds is 2. The van der Waals surface area contributed by atoms with E-state index in [0.717, 1.165) is 6.21 Å². The Bertz CT molecular complexity index is 639. The van der Waals surface area contributed by atoms with Gasteiger partial charge in [0.05, 0.1) is 26.6 Å². The van der Waals surface area contributed by atoms with Crippen molar-refractivity contribution in [3.05, 3.63) is 33.3 Å². The molecule has 0 amide bonds. The normalized spacial score (nSPS) is 13.2. The van der Waals surface area contributed by atoms with Crippen LogP contribution in [0.25, 0.3) is 0 Å². The van der Waals surface area contributed by atoms with E-state index in [4.69, 9.17) is 0 Å². The van der Waals surface area contributed by atoms with Crippen molar-refractivity contribution in [2.75, 3.05) is 0 Å². The predicted octanol–water partition coefficient (Wildman–Crippen LogP) is 3.98. The van der Waals surface area contributed by atoms with Gasteiger partial charge in [-0.25, -0.2) is 13.0 Å². The molecule has 0 saturated carbocycles. The Morgan fingerprint density at radius 2 is 1.95 bits per heavy atom. The van der Waals surface area contributed by atoms with Crippen molar-refractivity contribution in [2.45, 2.75) is 32.4 Å². The van der Waals surface area contributed by atoms with Crippen LogP contribution in [0.1, 0.15) is 38.8 Å². The lowest BCUT2D eigenvalue weighted by Crippen LogP contribution is -2.19. The molecule has 0 heterocycles. The van der Waals surface area contributed by atoms with Crippen LogP contribution in [-0.4, -0.2) is 15.2 Å². The first-order valence-electron chi connectivity index (χ1n) is 5.74. The van der Waals surface area contributed by atoms with E-state index >= 15 is 0 Å². The minimum Gasteiger partial charge on any atom is -0.234 e. The predicted molar refractivity (Wildman–Crippen MR) is 82.1 cm³/mol. The molecule has 0 aliphatic heterocycles. The van der Waals surface area contributed by atoms with Gasteiger partial charge in [-0.1, -0.05) is 5.92 Å². The average Bonchev–Trinajstić information content (AvgIpc) is 2.34. The Morgan fingerprint density at radius 3 is 2.45 bits per heavy atom. The molecule has 0 aliphatic carbocycles. The Balaban J connectivity index is 3.34. The van der Waals surface area contributed by atoms with Gasteiger partial charge in [0.25, 0.3) is 0 Å². The summed E-state index contributed by atoms with van der Waals surface area (Å²) in [5, 5.41) is 0. The van der Waals surface area contributed by atoms with Crippen molar-refractivity contribution in [3.8, 4) is 11.8 Å². The zero-order chi connectivity index (χ0) is 15.5. The quantitative estimate of drug-likeness (QED) is 0.445. The third-order valence-electron chi connectivity index (χ3n) is 2.25. The third-order valence-corrected chi connectivity index (χ3v) is 4.17. The molecule has 0 bridgehead atoms. The van der Waals surface area contributed by atoms with Crippen molar-refractivity contribution in [3.63, 3.8) is 0 Å². The summed E-state index contributed by atoms with van der Waals surface area (Å²) in [6, 6.07) is 1.26. The summed E-state index contributed by atoms with van der Waals surface area (Å²) in [4.78, 5) is 0. The molecule has 20 heavy (non-hydrogen) atoms. The highest BCUT2D eigenvalue weighted by Gasteiger charge is 2.20. The van der Waals surface area contributed by atoms with Crippen LogP contribution in [0.2, 0.25) is 0 Å². The molecule has 0 spiro atoms. The van der Waals surface area contributed by atoms with E-state index in [1.54, 1.807) is 27.7 Å². The van der Waals surface area contributed by atoms with Crippen LogP contribution in [0.4, 0.5) is 8.78 Å². The summed E-state index contributed by atoms with van der Waals surface area (Å²) in [7, 11) is -1.59. The van der Waals surface area contributed by atoms with Crippen molar-refractivity contribution in [1.82, 2.24) is 0 Å². The highest BCUT2D eigenvalue weighted by atomic mass is 79.9. The number of hydrogen-bond donors (Lipinski definition) is 0. The van der Waals surface area contributed by atoms with E-state index in [1.807, 2.05) is 0 Å². The van der Waals surface area contributed by atoms with Gasteiger partial charge in [-0.2, -0.15) is 4.40 Å². The highest BCUT2D eigenvalue weighted by molar-refractivity contribution is 9.10. The lowest BCUT2D eigenvalue weighted by molar-refractivity contribution is 0.574. The van der Waals surface area contributed by atoms with E-state index in [1.165, 1.54) is 6.07 Å². The zero-order valence-corrected chi connectivity index (χ0v) is 14.0. The average molecular weight is 362 g/mol. The van der Waals surface area contributed by atoms with Crippen LogP contribution in [-0.2, 0) is 11.0 Å². The second-order valence-electron chi connectivity index (χ2n) is 4.92. The maximum absolute atomic E-state index is 14.1. The van der Waals surface area contributed by atoms with Crippen LogP contribution in [0.3, 0.4) is 0 Å². The molecular formula is C14H14BrF2NOS. The first kappa shape index (κ1) is 17.0. The molecule has 0 saturated heterocycles. The maximum atomic E-state index is 14.1. The second kappa shape index (κ2) is 6.59. The van der Waals surface area contributed by atoms with Gasteiger partial charge < -0.3 is 0 Å². The fourth-order valence-corrected chi connectivity index (χ4v) is 2.18. The molecule has 1 atom stereocenters. The Kier molecular flexibility index (Phi) is 5.60. The number of benzene rings is 1. The summed E-state index contributed by atoms with van der Waals surface area (Å²) in [6.07, 6.45) is 0.956. The molecule has 6 heteroatoms. The SMILES string of the molecule is CC#Cc1cc(Br)c(F)c(/C=N/[S@](=O)C(C)(C)C)c1F. The van der Waals surface area contributed by atoms with Crippen molar-refractivity contribution < 1.29 is 13.0 Å². The van der Waals surface area contributed by atoms with Gasteiger partial charge in [0.1, 0.15) is 16.8 Å². The van der Waals surface area contributed by atoms with E-state index in [-0.39, 0.29) is 15.6 Å². The number of nitrogens with zero attached hydrogens (tertiary/aromatic N) is 1. The molecule has 0 fully saturated rings.